The summed E-state index contributed by atoms with van der Waals surface area (Å²) in [6.07, 6.45) is 3.54. The standard InChI is InChI=1S/C17H19FN2O3/c18-12-1-2-13-14(10-19-15(13)9-12)11-5-7-20(8-6-11)16(21)3-4-17(22)23/h1-2,9-11,19H,3-8H2,(H,22,23). The molecule has 0 aliphatic carbocycles. The lowest BCUT2D eigenvalue weighted by atomic mass is 9.89. The summed E-state index contributed by atoms with van der Waals surface area (Å²) in [6, 6.07) is 4.74. The number of piperidine rings is 1. The van der Waals surface area contributed by atoms with Crippen LogP contribution in [0.3, 0.4) is 0 Å². The van der Waals surface area contributed by atoms with Crippen LogP contribution in [-0.4, -0.2) is 40.0 Å². The lowest BCUT2D eigenvalue weighted by molar-refractivity contribution is -0.141. The summed E-state index contributed by atoms with van der Waals surface area (Å²) >= 11 is 0. The normalized spacial score (nSPS) is 16.0. The molecule has 2 N–H and O–H groups in total. The van der Waals surface area contributed by atoms with Crippen LogP contribution in [0.4, 0.5) is 4.39 Å². The number of halogens is 1. The lowest BCUT2D eigenvalue weighted by Gasteiger charge is -2.32. The quantitative estimate of drug-likeness (QED) is 0.910. The van der Waals surface area contributed by atoms with Crippen molar-refractivity contribution in [1.29, 1.82) is 0 Å². The molecule has 1 fully saturated rings. The Labute approximate surface area is 133 Å². The van der Waals surface area contributed by atoms with Crippen LogP contribution < -0.4 is 0 Å². The van der Waals surface area contributed by atoms with Crippen LogP contribution in [-0.2, 0) is 9.59 Å². The van der Waals surface area contributed by atoms with Crippen molar-refractivity contribution in [3.05, 3.63) is 35.8 Å². The van der Waals surface area contributed by atoms with Crippen LogP contribution >= 0.6 is 0 Å². The Hall–Kier alpha value is -2.37. The fraction of sp³-hybridized carbons (Fsp3) is 0.412. The van der Waals surface area contributed by atoms with Gasteiger partial charge in [0.05, 0.1) is 6.42 Å². The number of H-pyrrole nitrogens is 1. The van der Waals surface area contributed by atoms with Gasteiger partial charge in [0.2, 0.25) is 5.91 Å². The minimum absolute atomic E-state index is 0.0619. The molecule has 0 radical (unpaired) electrons. The maximum atomic E-state index is 13.3. The van der Waals surface area contributed by atoms with Gasteiger partial charge in [-0.05, 0) is 42.5 Å². The van der Waals surface area contributed by atoms with Gasteiger partial charge in [0, 0.05) is 36.6 Å². The number of likely N-dealkylation sites (tertiary alicyclic amines) is 1. The van der Waals surface area contributed by atoms with Crippen molar-refractivity contribution in [3.8, 4) is 0 Å². The van der Waals surface area contributed by atoms with E-state index in [1.54, 1.807) is 11.0 Å². The number of carboxylic acid groups (broad SMARTS) is 1. The van der Waals surface area contributed by atoms with Crippen molar-refractivity contribution >= 4 is 22.8 Å². The number of carbonyl (C=O) groups is 2. The molecule has 1 aromatic carbocycles. The van der Waals surface area contributed by atoms with Crippen molar-refractivity contribution in [2.24, 2.45) is 0 Å². The van der Waals surface area contributed by atoms with Crippen molar-refractivity contribution in [3.63, 3.8) is 0 Å². The van der Waals surface area contributed by atoms with Crippen molar-refractivity contribution in [1.82, 2.24) is 9.88 Å². The molecule has 1 aliphatic rings. The second kappa shape index (κ2) is 6.40. The van der Waals surface area contributed by atoms with Gasteiger partial charge >= 0.3 is 5.97 Å². The van der Waals surface area contributed by atoms with Crippen LogP contribution in [0, 0.1) is 5.82 Å². The molecule has 3 rings (SSSR count). The Balaban J connectivity index is 1.64. The summed E-state index contributed by atoms with van der Waals surface area (Å²) in [5.74, 6) is -0.964. The topological polar surface area (TPSA) is 73.4 Å². The molecule has 1 aliphatic heterocycles. The number of carboxylic acids is 1. The molecular formula is C17H19FN2O3. The zero-order valence-electron chi connectivity index (χ0n) is 12.7. The number of rotatable bonds is 4. The third kappa shape index (κ3) is 3.36. The minimum atomic E-state index is -0.945. The third-order valence-electron chi connectivity index (χ3n) is 4.52. The molecule has 23 heavy (non-hydrogen) atoms. The Morgan fingerprint density at radius 3 is 2.70 bits per heavy atom. The Morgan fingerprint density at radius 1 is 1.26 bits per heavy atom. The highest BCUT2D eigenvalue weighted by Gasteiger charge is 2.25. The van der Waals surface area contributed by atoms with Crippen LogP contribution in [0.25, 0.3) is 10.9 Å². The Bertz CT molecular complexity index is 733. The first-order valence-corrected chi connectivity index (χ1v) is 7.80. The van der Waals surface area contributed by atoms with Crippen molar-refractivity contribution in [2.45, 2.75) is 31.6 Å². The fourth-order valence-corrected chi connectivity index (χ4v) is 3.27. The largest absolute Gasteiger partial charge is 0.481 e. The molecule has 0 bridgehead atoms. The maximum Gasteiger partial charge on any atom is 0.303 e. The zero-order valence-corrected chi connectivity index (χ0v) is 12.7. The van der Waals surface area contributed by atoms with Crippen molar-refractivity contribution in [2.75, 3.05) is 13.1 Å². The van der Waals surface area contributed by atoms with Gasteiger partial charge in [0.1, 0.15) is 5.82 Å². The summed E-state index contributed by atoms with van der Waals surface area (Å²) in [4.78, 5) is 27.4. The maximum absolute atomic E-state index is 13.3. The summed E-state index contributed by atoms with van der Waals surface area (Å²) < 4.78 is 13.3. The summed E-state index contributed by atoms with van der Waals surface area (Å²) in [5.41, 5.74) is 1.96. The van der Waals surface area contributed by atoms with Gasteiger partial charge in [-0.15, -0.1) is 0 Å². The first-order valence-electron chi connectivity index (χ1n) is 7.80. The molecule has 1 aromatic heterocycles. The summed E-state index contributed by atoms with van der Waals surface area (Å²) in [6.45, 7) is 1.27. The van der Waals surface area contributed by atoms with E-state index in [9.17, 15) is 14.0 Å². The number of aromatic nitrogens is 1. The number of fused-ring (bicyclic) bond motifs is 1. The van der Waals surface area contributed by atoms with E-state index in [2.05, 4.69) is 4.98 Å². The molecule has 2 heterocycles. The number of nitrogens with one attached hydrogen (secondary N) is 1. The number of carbonyl (C=O) groups excluding carboxylic acids is 1. The predicted molar refractivity (Wildman–Crippen MR) is 83.7 cm³/mol. The van der Waals surface area contributed by atoms with Crippen molar-refractivity contribution < 1.29 is 19.1 Å². The molecule has 1 saturated heterocycles. The second-order valence-electron chi connectivity index (χ2n) is 5.98. The molecule has 0 saturated carbocycles. The minimum Gasteiger partial charge on any atom is -0.481 e. The fourth-order valence-electron chi connectivity index (χ4n) is 3.27. The molecule has 5 nitrogen and oxygen atoms in total. The number of benzene rings is 1. The summed E-state index contributed by atoms with van der Waals surface area (Å²) in [5, 5.41) is 9.68. The van der Waals surface area contributed by atoms with E-state index in [1.165, 1.54) is 12.1 Å². The molecule has 0 atom stereocenters. The van der Waals surface area contributed by atoms with Gasteiger partial charge in [0.25, 0.3) is 0 Å². The highest BCUT2D eigenvalue weighted by atomic mass is 19.1. The van der Waals surface area contributed by atoms with Crippen LogP contribution in [0.15, 0.2) is 24.4 Å². The first-order chi connectivity index (χ1) is 11.0. The molecule has 1 amide bonds. The molecule has 2 aromatic rings. The van der Waals surface area contributed by atoms with E-state index < -0.39 is 5.97 Å². The Morgan fingerprint density at radius 2 is 2.00 bits per heavy atom. The number of amides is 1. The average Bonchev–Trinajstić information content (AvgIpc) is 2.95. The predicted octanol–water partition coefficient (Wildman–Crippen LogP) is 2.88. The van der Waals surface area contributed by atoms with Gasteiger partial charge < -0.3 is 15.0 Å². The first kappa shape index (κ1) is 15.5. The lowest BCUT2D eigenvalue weighted by Crippen LogP contribution is -2.38. The van der Waals surface area contributed by atoms with Crippen LogP contribution in [0.2, 0.25) is 0 Å². The Kier molecular flexibility index (Phi) is 4.32. The van der Waals surface area contributed by atoms with E-state index in [4.69, 9.17) is 5.11 Å². The molecule has 122 valence electrons. The van der Waals surface area contributed by atoms with Gasteiger partial charge in [-0.2, -0.15) is 0 Å². The SMILES string of the molecule is O=C(O)CCC(=O)N1CCC(c2c[nH]c3cc(F)ccc23)CC1. The number of aromatic amines is 1. The average molecular weight is 318 g/mol. The van der Waals surface area contributed by atoms with Gasteiger partial charge in [-0.25, -0.2) is 4.39 Å². The number of nitrogens with zero attached hydrogens (tertiary/aromatic N) is 1. The molecule has 6 heteroatoms. The number of hydrogen-bond acceptors (Lipinski definition) is 2. The third-order valence-corrected chi connectivity index (χ3v) is 4.52. The summed E-state index contributed by atoms with van der Waals surface area (Å²) in [7, 11) is 0. The monoisotopic (exact) mass is 318 g/mol. The van der Waals surface area contributed by atoms with E-state index >= 15 is 0 Å². The van der Waals surface area contributed by atoms with E-state index in [0.717, 1.165) is 29.3 Å². The van der Waals surface area contributed by atoms with Gasteiger partial charge in [-0.1, -0.05) is 0 Å². The highest BCUT2D eigenvalue weighted by Crippen LogP contribution is 2.33. The van der Waals surface area contributed by atoms with Crippen LogP contribution in [0.5, 0.6) is 0 Å². The van der Waals surface area contributed by atoms with Crippen LogP contribution in [0.1, 0.15) is 37.2 Å². The number of aliphatic carboxylic acids is 1. The van der Waals surface area contributed by atoms with E-state index in [0.29, 0.717) is 19.0 Å². The van der Waals surface area contributed by atoms with Gasteiger partial charge in [-0.3, -0.25) is 9.59 Å². The smallest absolute Gasteiger partial charge is 0.303 e. The second-order valence-corrected chi connectivity index (χ2v) is 5.98. The molecule has 0 unspecified atom stereocenters. The van der Waals surface area contributed by atoms with E-state index in [1.807, 2.05) is 6.20 Å². The van der Waals surface area contributed by atoms with Gasteiger partial charge in [0.15, 0.2) is 0 Å². The highest BCUT2D eigenvalue weighted by molar-refractivity contribution is 5.84. The number of hydrogen-bond donors (Lipinski definition) is 2. The zero-order chi connectivity index (χ0) is 16.4. The molecular weight excluding hydrogens is 299 g/mol. The van der Waals surface area contributed by atoms with E-state index in [-0.39, 0.29) is 24.6 Å². The molecule has 0 spiro atoms.